The van der Waals surface area contributed by atoms with E-state index in [9.17, 15) is 10.4 Å². The van der Waals surface area contributed by atoms with E-state index >= 15 is 0 Å². The highest BCUT2D eigenvalue weighted by atomic mass is 32.1. The molecular weight excluding hydrogens is 266 g/mol. The molecule has 0 radical (unpaired) electrons. The van der Waals surface area contributed by atoms with Crippen LogP contribution in [0.4, 0.5) is 0 Å². The maximum atomic E-state index is 11.2. The Balaban J connectivity index is 2.07. The molecule has 3 rings (SSSR count). The summed E-state index contributed by atoms with van der Waals surface area (Å²) in [5.41, 5.74) is -1.70. The van der Waals surface area contributed by atoms with E-state index in [0.717, 1.165) is 35.9 Å². The summed E-state index contributed by atoms with van der Waals surface area (Å²) in [6, 6.07) is 12.7. The smallest absolute Gasteiger partial charge is 0.114 e. The maximum Gasteiger partial charge on any atom is 0.114 e. The Morgan fingerprint density at radius 3 is 2.60 bits per heavy atom. The van der Waals surface area contributed by atoms with E-state index < -0.39 is 11.0 Å². The van der Waals surface area contributed by atoms with Crippen molar-refractivity contribution < 1.29 is 5.11 Å². The molecule has 1 saturated carbocycles. The van der Waals surface area contributed by atoms with Crippen LogP contribution < -0.4 is 0 Å². The molecule has 2 nitrogen and oxygen atoms in total. The molecule has 2 aromatic rings. The van der Waals surface area contributed by atoms with Crippen LogP contribution >= 0.6 is 11.3 Å². The third-order valence-corrected chi connectivity index (χ3v) is 6.09. The van der Waals surface area contributed by atoms with E-state index in [4.69, 9.17) is 0 Å². The second-order valence-corrected chi connectivity index (χ2v) is 7.06. The second kappa shape index (κ2) is 4.87. The van der Waals surface area contributed by atoms with Crippen LogP contribution in [0.2, 0.25) is 0 Å². The van der Waals surface area contributed by atoms with E-state index in [0.29, 0.717) is 0 Å². The van der Waals surface area contributed by atoms with Gasteiger partial charge in [0.1, 0.15) is 5.60 Å². The van der Waals surface area contributed by atoms with Gasteiger partial charge in [0.05, 0.1) is 11.5 Å². The summed E-state index contributed by atoms with van der Waals surface area (Å²) < 4.78 is 1.17. The van der Waals surface area contributed by atoms with E-state index in [-0.39, 0.29) is 0 Å². The van der Waals surface area contributed by atoms with Gasteiger partial charge < -0.3 is 5.11 Å². The van der Waals surface area contributed by atoms with Gasteiger partial charge in [-0.15, -0.1) is 11.3 Å². The van der Waals surface area contributed by atoms with Gasteiger partial charge in [-0.1, -0.05) is 37.5 Å². The van der Waals surface area contributed by atoms with E-state index in [1.807, 2.05) is 25.1 Å². The zero-order chi connectivity index (χ0) is 14.2. The molecule has 1 aromatic heterocycles. The molecule has 20 heavy (non-hydrogen) atoms. The SMILES string of the molecule is CC(O)(c1cc2ccccc2s1)C1(C#N)CCCCC1. The largest absolute Gasteiger partial charge is 0.383 e. The molecule has 0 spiro atoms. The van der Waals surface area contributed by atoms with Crippen molar-refractivity contribution in [3.05, 3.63) is 35.2 Å². The summed E-state index contributed by atoms with van der Waals surface area (Å²) in [6.07, 6.45) is 4.84. The first kappa shape index (κ1) is 13.6. The van der Waals surface area contributed by atoms with Crippen molar-refractivity contribution in [2.24, 2.45) is 5.41 Å². The molecule has 104 valence electrons. The number of nitriles is 1. The number of benzene rings is 1. The number of thiophene rings is 1. The van der Waals surface area contributed by atoms with Gasteiger partial charge >= 0.3 is 0 Å². The number of rotatable bonds is 2. The molecule has 1 atom stereocenters. The molecule has 0 bridgehead atoms. The molecule has 1 aliphatic rings. The Bertz CT molecular complexity index is 626. The lowest BCUT2D eigenvalue weighted by Crippen LogP contribution is -2.43. The molecule has 0 aliphatic heterocycles. The topological polar surface area (TPSA) is 44.0 Å². The van der Waals surface area contributed by atoms with Crippen molar-refractivity contribution in [2.75, 3.05) is 0 Å². The van der Waals surface area contributed by atoms with Crippen molar-refractivity contribution in [3.8, 4) is 6.07 Å². The molecule has 3 heteroatoms. The van der Waals surface area contributed by atoms with Crippen LogP contribution in [0.1, 0.15) is 43.9 Å². The average molecular weight is 285 g/mol. The van der Waals surface area contributed by atoms with Crippen LogP contribution in [0.15, 0.2) is 30.3 Å². The Labute approximate surface area is 123 Å². The minimum absolute atomic E-state index is 0.633. The maximum absolute atomic E-state index is 11.2. The molecule has 0 saturated heterocycles. The highest BCUT2D eigenvalue weighted by Crippen LogP contribution is 2.51. The van der Waals surface area contributed by atoms with Gasteiger partial charge in [0.2, 0.25) is 0 Å². The van der Waals surface area contributed by atoms with E-state index in [2.05, 4.69) is 18.2 Å². The van der Waals surface area contributed by atoms with E-state index in [1.54, 1.807) is 11.3 Å². The summed E-state index contributed by atoms with van der Waals surface area (Å²) >= 11 is 1.61. The summed E-state index contributed by atoms with van der Waals surface area (Å²) in [4.78, 5) is 0.919. The molecule has 1 aromatic carbocycles. The molecule has 1 heterocycles. The number of hydrogen-bond acceptors (Lipinski definition) is 3. The van der Waals surface area contributed by atoms with Crippen molar-refractivity contribution in [3.63, 3.8) is 0 Å². The highest BCUT2D eigenvalue weighted by Gasteiger charge is 2.49. The zero-order valence-corrected chi connectivity index (χ0v) is 12.5. The van der Waals surface area contributed by atoms with Crippen molar-refractivity contribution in [1.82, 2.24) is 0 Å². The van der Waals surface area contributed by atoms with E-state index in [1.165, 1.54) is 11.1 Å². The minimum atomic E-state index is -1.06. The van der Waals surface area contributed by atoms with Crippen molar-refractivity contribution in [1.29, 1.82) is 5.26 Å². The molecule has 1 aliphatic carbocycles. The van der Waals surface area contributed by atoms with Crippen molar-refractivity contribution in [2.45, 2.75) is 44.6 Å². The summed E-state index contributed by atoms with van der Waals surface area (Å²) in [5, 5.41) is 22.0. The minimum Gasteiger partial charge on any atom is -0.383 e. The van der Waals surface area contributed by atoms with Crippen LogP contribution in [0, 0.1) is 16.7 Å². The third-order valence-electron chi connectivity index (χ3n) is 4.76. The lowest BCUT2D eigenvalue weighted by molar-refractivity contribution is -0.0604. The number of hydrogen-bond donors (Lipinski definition) is 1. The van der Waals surface area contributed by atoms with Gasteiger partial charge in [-0.25, -0.2) is 0 Å². The fourth-order valence-electron chi connectivity index (χ4n) is 3.32. The number of nitrogens with zero attached hydrogens (tertiary/aromatic N) is 1. The van der Waals surface area contributed by atoms with Crippen LogP contribution in [-0.2, 0) is 5.60 Å². The average Bonchev–Trinajstić information content (AvgIpc) is 2.92. The van der Waals surface area contributed by atoms with Gasteiger partial charge in [-0.3, -0.25) is 0 Å². The van der Waals surface area contributed by atoms with Crippen LogP contribution in [-0.4, -0.2) is 5.11 Å². The summed E-state index contributed by atoms with van der Waals surface area (Å²) in [7, 11) is 0. The van der Waals surface area contributed by atoms with Crippen molar-refractivity contribution >= 4 is 21.4 Å². The predicted molar refractivity (Wildman–Crippen MR) is 82.5 cm³/mol. The van der Waals surface area contributed by atoms with Crippen LogP contribution in [0.3, 0.4) is 0 Å². The third kappa shape index (κ3) is 1.95. The Hall–Kier alpha value is -1.37. The molecule has 1 N–H and O–H groups in total. The first-order valence-corrected chi connectivity index (χ1v) is 8.03. The predicted octanol–water partition coefficient (Wildman–Crippen LogP) is 4.58. The lowest BCUT2D eigenvalue weighted by atomic mass is 9.64. The number of aliphatic hydroxyl groups is 1. The van der Waals surface area contributed by atoms with Gasteiger partial charge in [0, 0.05) is 9.58 Å². The highest BCUT2D eigenvalue weighted by molar-refractivity contribution is 7.19. The molecule has 1 fully saturated rings. The summed E-state index contributed by atoms with van der Waals surface area (Å²) in [5.74, 6) is 0. The normalized spacial score (nSPS) is 21.2. The number of fused-ring (bicyclic) bond motifs is 1. The fraction of sp³-hybridized carbons (Fsp3) is 0.471. The van der Waals surface area contributed by atoms with Gasteiger partial charge in [0.15, 0.2) is 0 Å². The molecule has 0 amide bonds. The van der Waals surface area contributed by atoms with Gasteiger partial charge in [-0.05, 0) is 37.3 Å². The Morgan fingerprint density at radius 1 is 1.25 bits per heavy atom. The Kier molecular flexibility index (Phi) is 3.32. The van der Waals surface area contributed by atoms with Crippen LogP contribution in [0.25, 0.3) is 10.1 Å². The Morgan fingerprint density at radius 2 is 1.95 bits per heavy atom. The molecular formula is C17H19NOS. The lowest BCUT2D eigenvalue weighted by Gasteiger charge is -2.42. The van der Waals surface area contributed by atoms with Gasteiger partial charge in [-0.2, -0.15) is 5.26 Å². The molecule has 1 unspecified atom stereocenters. The van der Waals surface area contributed by atoms with Crippen LogP contribution in [0.5, 0.6) is 0 Å². The fourth-order valence-corrected chi connectivity index (χ4v) is 4.53. The standard InChI is InChI=1S/C17H19NOS/c1-16(19,17(12-18)9-5-2-6-10-17)15-11-13-7-3-4-8-14(13)20-15/h3-4,7-8,11,19H,2,5-6,9-10H2,1H3. The summed E-state index contributed by atoms with van der Waals surface area (Å²) in [6.45, 7) is 1.83. The first-order chi connectivity index (χ1) is 9.59. The first-order valence-electron chi connectivity index (χ1n) is 7.22. The zero-order valence-electron chi connectivity index (χ0n) is 11.7. The second-order valence-electron chi connectivity index (χ2n) is 5.98. The monoisotopic (exact) mass is 285 g/mol. The van der Waals surface area contributed by atoms with Gasteiger partial charge in [0.25, 0.3) is 0 Å². The quantitative estimate of drug-likeness (QED) is 0.877.